The van der Waals surface area contributed by atoms with Crippen LogP contribution in [0.5, 0.6) is 0 Å². The highest BCUT2D eigenvalue weighted by Crippen LogP contribution is 2.15. The van der Waals surface area contributed by atoms with Crippen molar-refractivity contribution in [2.24, 2.45) is 0 Å². The third-order valence-corrected chi connectivity index (χ3v) is 2.62. The highest BCUT2D eigenvalue weighted by molar-refractivity contribution is 5.74. The molecule has 0 saturated carbocycles. The van der Waals surface area contributed by atoms with Crippen molar-refractivity contribution in [2.45, 2.75) is 39.0 Å². The number of nitrogens with zero attached hydrogens (tertiary/aromatic N) is 1. The van der Waals surface area contributed by atoms with Crippen molar-refractivity contribution in [3.8, 4) is 0 Å². The highest BCUT2D eigenvalue weighted by Gasteiger charge is 2.20. The number of hydrogen-bond donors (Lipinski definition) is 1. The molecule has 5 nitrogen and oxygen atoms in total. The predicted molar refractivity (Wildman–Crippen MR) is 82.0 cm³/mol. The molecule has 1 unspecified atom stereocenters. The minimum absolute atomic E-state index is 0.593. The van der Waals surface area contributed by atoms with Crippen LogP contribution in [-0.2, 0) is 16.1 Å². The Balaban J connectivity index is 2.80. The van der Waals surface area contributed by atoms with Gasteiger partial charge < -0.3 is 19.7 Å². The van der Waals surface area contributed by atoms with Crippen LogP contribution in [0.4, 0.5) is 4.79 Å². The minimum Gasteiger partial charge on any atom is -0.444 e. The van der Waals surface area contributed by atoms with Crippen LogP contribution in [0.25, 0.3) is 0 Å². The summed E-state index contributed by atoms with van der Waals surface area (Å²) in [7, 11) is 3.95. The molecule has 1 N–H and O–H groups in total. The first-order valence-corrected chi connectivity index (χ1v) is 6.89. The smallest absolute Gasteiger partial charge is 0.408 e. The van der Waals surface area contributed by atoms with E-state index in [0.717, 1.165) is 17.7 Å². The summed E-state index contributed by atoms with van der Waals surface area (Å²) in [4.78, 5) is 25.1. The molecule has 0 saturated heterocycles. The molecule has 1 amide bonds. The quantitative estimate of drug-likeness (QED) is 0.847. The fourth-order valence-corrected chi connectivity index (χ4v) is 1.88. The van der Waals surface area contributed by atoms with Crippen LogP contribution in [0.3, 0.4) is 0 Å². The molecule has 0 aliphatic rings. The number of alkyl carbamates (subject to hydrolysis) is 1. The number of carbonyl (C=O) groups excluding carboxylic acids is 2. The summed E-state index contributed by atoms with van der Waals surface area (Å²) in [6.45, 7) is 6.10. The van der Waals surface area contributed by atoms with E-state index in [4.69, 9.17) is 4.74 Å². The van der Waals surface area contributed by atoms with Crippen molar-refractivity contribution in [3.63, 3.8) is 0 Å². The SMILES string of the molecule is CN(C)Cc1cccc(C(C=O)NC(=O)OC(C)(C)C)c1. The van der Waals surface area contributed by atoms with Gasteiger partial charge in [0.25, 0.3) is 0 Å². The van der Waals surface area contributed by atoms with Crippen molar-refractivity contribution in [1.82, 2.24) is 10.2 Å². The molecule has 0 bridgehead atoms. The number of ether oxygens (including phenoxy) is 1. The third kappa shape index (κ3) is 6.40. The number of amides is 1. The molecule has 0 aromatic heterocycles. The van der Waals surface area contributed by atoms with Gasteiger partial charge in [0.15, 0.2) is 0 Å². The first kappa shape index (κ1) is 17.2. The second kappa shape index (κ2) is 7.22. The van der Waals surface area contributed by atoms with Crippen molar-refractivity contribution < 1.29 is 14.3 Å². The van der Waals surface area contributed by atoms with E-state index in [0.29, 0.717) is 6.29 Å². The zero-order chi connectivity index (χ0) is 16.0. The van der Waals surface area contributed by atoms with Crippen LogP contribution in [-0.4, -0.2) is 37.0 Å². The van der Waals surface area contributed by atoms with Gasteiger partial charge >= 0.3 is 6.09 Å². The minimum atomic E-state index is -0.707. The lowest BCUT2D eigenvalue weighted by Crippen LogP contribution is -2.35. The molecular formula is C16H24N2O3. The first-order valence-electron chi connectivity index (χ1n) is 6.89. The maximum absolute atomic E-state index is 11.8. The maximum Gasteiger partial charge on any atom is 0.408 e. The van der Waals surface area contributed by atoms with E-state index in [2.05, 4.69) is 5.32 Å². The third-order valence-electron chi connectivity index (χ3n) is 2.62. The van der Waals surface area contributed by atoms with E-state index < -0.39 is 17.7 Å². The summed E-state index contributed by atoms with van der Waals surface area (Å²) in [5.74, 6) is 0. The fraction of sp³-hybridized carbons (Fsp3) is 0.500. The Bertz CT molecular complexity index is 493. The Morgan fingerprint density at radius 3 is 2.57 bits per heavy atom. The van der Waals surface area contributed by atoms with Crippen LogP contribution in [0.1, 0.15) is 37.9 Å². The molecule has 0 radical (unpaired) electrons. The van der Waals surface area contributed by atoms with Gasteiger partial charge in [-0.1, -0.05) is 24.3 Å². The lowest BCUT2D eigenvalue weighted by atomic mass is 10.0. The lowest BCUT2D eigenvalue weighted by Gasteiger charge is -2.22. The standard InChI is InChI=1S/C16H24N2O3/c1-16(2,3)21-15(20)17-14(11-19)13-8-6-7-12(9-13)10-18(4)5/h6-9,11,14H,10H2,1-5H3,(H,17,20). The summed E-state index contributed by atoms with van der Waals surface area (Å²) in [5.41, 5.74) is 1.23. The van der Waals surface area contributed by atoms with E-state index in [-0.39, 0.29) is 0 Å². The predicted octanol–water partition coefficient (Wildman–Crippen LogP) is 2.51. The summed E-state index contributed by atoms with van der Waals surface area (Å²) < 4.78 is 5.17. The Kier molecular flexibility index (Phi) is 5.90. The van der Waals surface area contributed by atoms with Gasteiger partial charge in [0, 0.05) is 6.54 Å². The molecule has 1 aromatic rings. The monoisotopic (exact) mass is 292 g/mol. The Morgan fingerprint density at radius 1 is 1.38 bits per heavy atom. The van der Waals surface area contributed by atoms with E-state index in [9.17, 15) is 9.59 Å². The first-order chi connectivity index (χ1) is 9.71. The topological polar surface area (TPSA) is 58.6 Å². The van der Waals surface area contributed by atoms with Gasteiger partial charge in [0.2, 0.25) is 0 Å². The van der Waals surface area contributed by atoms with E-state index in [1.165, 1.54) is 0 Å². The van der Waals surface area contributed by atoms with E-state index >= 15 is 0 Å². The Hall–Kier alpha value is -1.88. The molecular weight excluding hydrogens is 268 g/mol. The molecule has 0 spiro atoms. The number of benzene rings is 1. The van der Waals surface area contributed by atoms with Crippen molar-refractivity contribution >= 4 is 12.4 Å². The number of nitrogens with one attached hydrogen (secondary N) is 1. The lowest BCUT2D eigenvalue weighted by molar-refractivity contribution is -0.109. The van der Waals surface area contributed by atoms with E-state index in [1.807, 2.05) is 43.3 Å². The van der Waals surface area contributed by atoms with Gasteiger partial charge in [-0.3, -0.25) is 0 Å². The summed E-state index contributed by atoms with van der Waals surface area (Å²) in [5, 5.41) is 2.58. The van der Waals surface area contributed by atoms with Crippen molar-refractivity contribution in [2.75, 3.05) is 14.1 Å². The highest BCUT2D eigenvalue weighted by atomic mass is 16.6. The molecule has 0 heterocycles. The summed E-state index contributed by atoms with van der Waals surface area (Å²) in [6, 6.07) is 6.88. The van der Waals surface area contributed by atoms with Gasteiger partial charge in [-0.05, 0) is 46.0 Å². The van der Waals surface area contributed by atoms with Crippen LogP contribution in [0.2, 0.25) is 0 Å². The Morgan fingerprint density at radius 2 is 2.05 bits per heavy atom. The Labute approximate surface area is 126 Å². The molecule has 116 valence electrons. The molecule has 0 fully saturated rings. The zero-order valence-corrected chi connectivity index (χ0v) is 13.3. The summed E-state index contributed by atoms with van der Waals surface area (Å²) in [6.07, 6.45) is 0.108. The zero-order valence-electron chi connectivity index (χ0n) is 13.3. The van der Waals surface area contributed by atoms with Gasteiger partial charge in [0.05, 0.1) is 0 Å². The average molecular weight is 292 g/mol. The second-order valence-corrected chi connectivity index (χ2v) is 6.24. The maximum atomic E-state index is 11.8. The normalized spacial score (nSPS) is 12.9. The number of rotatable bonds is 5. The molecule has 21 heavy (non-hydrogen) atoms. The van der Waals surface area contributed by atoms with Gasteiger partial charge in [-0.15, -0.1) is 0 Å². The van der Waals surface area contributed by atoms with Gasteiger partial charge in [0.1, 0.15) is 17.9 Å². The van der Waals surface area contributed by atoms with Gasteiger partial charge in [-0.25, -0.2) is 4.79 Å². The number of carbonyl (C=O) groups is 2. The van der Waals surface area contributed by atoms with Crippen LogP contribution >= 0.6 is 0 Å². The largest absolute Gasteiger partial charge is 0.444 e. The second-order valence-electron chi connectivity index (χ2n) is 6.24. The van der Waals surface area contributed by atoms with Crippen molar-refractivity contribution in [1.29, 1.82) is 0 Å². The molecule has 1 atom stereocenters. The fourth-order valence-electron chi connectivity index (χ4n) is 1.88. The van der Waals surface area contributed by atoms with Gasteiger partial charge in [-0.2, -0.15) is 0 Å². The molecule has 0 aliphatic heterocycles. The van der Waals surface area contributed by atoms with Crippen LogP contribution < -0.4 is 5.32 Å². The van der Waals surface area contributed by atoms with E-state index in [1.54, 1.807) is 20.8 Å². The van der Waals surface area contributed by atoms with Crippen LogP contribution in [0, 0.1) is 0 Å². The number of aldehydes is 1. The summed E-state index contributed by atoms with van der Waals surface area (Å²) >= 11 is 0. The average Bonchev–Trinajstić information content (AvgIpc) is 2.33. The molecule has 0 aliphatic carbocycles. The van der Waals surface area contributed by atoms with Crippen LogP contribution in [0.15, 0.2) is 24.3 Å². The molecule has 5 heteroatoms. The molecule has 1 rings (SSSR count). The van der Waals surface area contributed by atoms with Crippen molar-refractivity contribution in [3.05, 3.63) is 35.4 Å². The molecule has 1 aromatic carbocycles. The number of hydrogen-bond acceptors (Lipinski definition) is 4.